The van der Waals surface area contributed by atoms with Crippen LogP contribution in [0.3, 0.4) is 0 Å². The minimum atomic E-state index is -2.38. The van der Waals surface area contributed by atoms with Gasteiger partial charge in [-0.05, 0) is 17.9 Å². The Kier molecular flexibility index (Phi) is 5.31. The van der Waals surface area contributed by atoms with Crippen molar-refractivity contribution in [2.75, 3.05) is 0 Å². The number of rotatable bonds is 1. The third kappa shape index (κ3) is 3.85. The highest BCUT2D eigenvalue weighted by molar-refractivity contribution is 8.35. The van der Waals surface area contributed by atoms with Crippen LogP contribution >= 0.6 is 14.4 Å². The summed E-state index contributed by atoms with van der Waals surface area (Å²) in [6.45, 7) is 24.3. The van der Waals surface area contributed by atoms with Gasteiger partial charge in [0.1, 0.15) is 6.83 Å². The van der Waals surface area contributed by atoms with E-state index in [9.17, 15) is 4.57 Å². The largest absolute Gasteiger partial charge is 0.318 e. The van der Waals surface area contributed by atoms with E-state index < -0.39 is 14.4 Å². The predicted molar refractivity (Wildman–Crippen MR) is 93.5 cm³/mol. The Labute approximate surface area is 123 Å². The number of hydrogen-bond donors (Lipinski definition) is 0. The maximum atomic E-state index is 14.3. The molecular weight excluding hydrogens is 270 g/mol. The zero-order chi connectivity index (χ0) is 16.1. The molecule has 0 aliphatic rings. The van der Waals surface area contributed by atoms with E-state index in [1.54, 1.807) is 0 Å². The van der Waals surface area contributed by atoms with Crippen LogP contribution in [0.15, 0.2) is 0 Å². The molecule has 0 fully saturated rings. The van der Waals surface area contributed by atoms with Gasteiger partial charge in [0.05, 0.1) is 0 Å². The summed E-state index contributed by atoms with van der Waals surface area (Å²) in [4.78, 5) is 0. The summed E-state index contributed by atoms with van der Waals surface area (Å²) in [5.41, 5.74) is 0. The van der Waals surface area contributed by atoms with Gasteiger partial charge in [0, 0.05) is 10.3 Å². The van der Waals surface area contributed by atoms with Crippen LogP contribution in [0.4, 0.5) is 0 Å². The van der Waals surface area contributed by atoms with E-state index >= 15 is 0 Å². The van der Waals surface area contributed by atoms with Gasteiger partial charge in [-0.25, -0.2) is 0 Å². The Morgan fingerprint density at radius 2 is 0.789 bits per heavy atom. The summed E-state index contributed by atoms with van der Waals surface area (Å²) < 4.78 is 14.3. The highest BCUT2D eigenvalue weighted by Gasteiger charge is 2.57. The third-order valence-electron chi connectivity index (χ3n) is 3.37. The third-order valence-corrected chi connectivity index (χ3v) is 19.0. The van der Waals surface area contributed by atoms with Crippen LogP contribution in [-0.4, -0.2) is 20.6 Å². The normalized spacial score (nSPS) is 16.1. The van der Waals surface area contributed by atoms with Gasteiger partial charge in [-0.1, -0.05) is 83.1 Å². The zero-order valence-electron chi connectivity index (χ0n) is 15.3. The van der Waals surface area contributed by atoms with Gasteiger partial charge in [-0.15, -0.1) is 0 Å². The van der Waals surface area contributed by atoms with Crippen molar-refractivity contribution in [2.24, 2.45) is 0 Å². The summed E-state index contributed by atoms with van der Waals surface area (Å²) in [5, 5.41) is -0.0810. The fraction of sp³-hybridized carbons (Fsp3) is 1.00. The molecule has 0 N–H and O–H groups in total. The summed E-state index contributed by atoms with van der Waals surface area (Å²) in [6, 6.07) is 0. The summed E-state index contributed by atoms with van der Waals surface area (Å²) in [6.07, 6.45) is 0. The first-order chi connectivity index (χ1) is 7.87. The molecule has 19 heavy (non-hydrogen) atoms. The first-order valence-corrected chi connectivity index (χ1v) is 11.0. The Hall–Kier alpha value is 0.660. The second-order valence-electron chi connectivity index (χ2n) is 9.57. The molecule has 116 valence electrons. The average Bonchev–Trinajstić information content (AvgIpc) is 1.92. The molecule has 0 aliphatic heterocycles. The molecule has 0 atom stereocenters. The van der Waals surface area contributed by atoms with Crippen molar-refractivity contribution in [1.29, 1.82) is 0 Å². The van der Waals surface area contributed by atoms with Gasteiger partial charge in [0.25, 0.3) is 0 Å². The Balaban J connectivity index is 6.37. The van der Waals surface area contributed by atoms with E-state index in [4.69, 9.17) is 0 Å². The summed E-state index contributed by atoms with van der Waals surface area (Å²) in [5.74, 6) is 0. The Morgan fingerprint density at radius 3 is 0.842 bits per heavy atom. The quantitative estimate of drug-likeness (QED) is 0.479. The lowest BCUT2D eigenvalue weighted by molar-refractivity contribution is 0.529. The molecule has 0 aliphatic carbocycles. The lowest BCUT2D eigenvalue weighted by Gasteiger charge is -2.55. The van der Waals surface area contributed by atoms with E-state index in [1.165, 1.54) is 0 Å². The van der Waals surface area contributed by atoms with E-state index in [0.29, 0.717) is 0 Å². The molecule has 0 aromatic rings. The molecular formula is C16H36OP2. The molecule has 0 rings (SSSR count). The minimum Gasteiger partial charge on any atom is -0.318 e. The molecule has 0 bridgehead atoms. The lowest BCUT2D eigenvalue weighted by atomic mass is 10.2. The monoisotopic (exact) mass is 306 g/mol. The topological polar surface area (TPSA) is 17.1 Å². The van der Waals surface area contributed by atoms with Crippen LogP contribution in [0, 0.1) is 0 Å². The first-order valence-electron chi connectivity index (χ1n) is 7.28. The van der Waals surface area contributed by atoms with Crippen LogP contribution in [0.1, 0.15) is 83.1 Å². The van der Waals surface area contributed by atoms with Crippen molar-refractivity contribution >= 4 is 14.4 Å². The summed E-state index contributed by atoms with van der Waals surface area (Å²) >= 11 is 0. The molecule has 0 spiro atoms. The van der Waals surface area contributed by atoms with Crippen LogP contribution in [0.25, 0.3) is 0 Å². The predicted octanol–water partition coefficient (Wildman–Crippen LogP) is 6.94. The van der Waals surface area contributed by atoms with E-state index in [0.717, 1.165) is 0 Å². The molecule has 0 amide bonds. The Morgan fingerprint density at radius 1 is 0.579 bits per heavy atom. The van der Waals surface area contributed by atoms with Crippen molar-refractivity contribution in [3.8, 4) is 0 Å². The SMILES string of the molecule is CC(C)(C)P(C(C)(C)C)P(=O)(C(C)(C)C)C(C)(C)C. The molecule has 0 heterocycles. The second-order valence-corrected chi connectivity index (χ2v) is 19.6. The molecule has 1 nitrogen and oxygen atoms in total. The van der Waals surface area contributed by atoms with Gasteiger partial charge >= 0.3 is 0 Å². The van der Waals surface area contributed by atoms with Crippen LogP contribution < -0.4 is 0 Å². The fourth-order valence-corrected chi connectivity index (χ4v) is 19.0. The van der Waals surface area contributed by atoms with Gasteiger partial charge in [-0.2, -0.15) is 0 Å². The van der Waals surface area contributed by atoms with E-state index in [2.05, 4.69) is 83.1 Å². The molecule has 3 heteroatoms. The Bertz CT molecular complexity index is 324. The second kappa shape index (κ2) is 5.14. The molecule has 0 aromatic heterocycles. The van der Waals surface area contributed by atoms with Gasteiger partial charge in [-0.3, -0.25) is 0 Å². The highest BCUT2D eigenvalue weighted by Crippen LogP contribution is 2.93. The maximum Gasteiger partial charge on any atom is 0.118 e. The van der Waals surface area contributed by atoms with Gasteiger partial charge < -0.3 is 4.57 Å². The van der Waals surface area contributed by atoms with Gasteiger partial charge in [0.15, 0.2) is 0 Å². The fourth-order valence-electron chi connectivity index (χ4n) is 3.46. The smallest absolute Gasteiger partial charge is 0.118 e. The highest BCUT2D eigenvalue weighted by atomic mass is 32.1. The standard InChI is InChI=1S/C16H36OP2/c1-13(2,3)18(14(4,5)6)19(17,15(7,8)9)16(10,11)12/h1-12H3. The first kappa shape index (κ1) is 19.7. The van der Waals surface area contributed by atoms with Crippen LogP contribution in [-0.2, 0) is 4.57 Å². The van der Waals surface area contributed by atoms with Crippen molar-refractivity contribution in [1.82, 2.24) is 0 Å². The molecule has 0 radical (unpaired) electrons. The van der Waals surface area contributed by atoms with E-state index in [-0.39, 0.29) is 20.6 Å². The van der Waals surface area contributed by atoms with Crippen LogP contribution in [0.5, 0.6) is 0 Å². The molecule has 0 aromatic carbocycles. The minimum absolute atomic E-state index is 0.101. The van der Waals surface area contributed by atoms with Crippen molar-refractivity contribution in [2.45, 2.75) is 104 Å². The molecule has 0 saturated carbocycles. The maximum absolute atomic E-state index is 14.3. The lowest BCUT2D eigenvalue weighted by Crippen LogP contribution is -2.36. The van der Waals surface area contributed by atoms with Crippen molar-refractivity contribution in [3.63, 3.8) is 0 Å². The average molecular weight is 306 g/mol. The van der Waals surface area contributed by atoms with Crippen molar-refractivity contribution in [3.05, 3.63) is 0 Å². The molecule has 0 unspecified atom stereocenters. The van der Waals surface area contributed by atoms with Crippen LogP contribution in [0.2, 0.25) is 0 Å². The molecule has 0 saturated heterocycles. The number of hydrogen-bond acceptors (Lipinski definition) is 1. The summed E-state index contributed by atoms with van der Waals surface area (Å²) in [7, 11) is -0.609. The van der Waals surface area contributed by atoms with Gasteiger partial charge in [0.2, 0.25) is 0 Å². The zero-order valence-corrected chi connectivity index (χ0v) is 17.1. The van der Waals surface area contributed by atoms with E-state index in [1.807, 2.05) is 0 Å². The van der Waals surface area contributed by atoms with Crippen molar-refractivity contribution < 1.29 is 4.57 Å².